The number of hydrogen-bond acceptors (Lipinski definition) is 3. The number of nitrogens with zero attached hydrogens (tertiary/aromatic N) is 1. The molecule has 1 N–H and O–H groups in total. The van der Waals surface area contributed by atoms with E-state index >= 15 is 0 Å². The van der Waals surface area contributed by atoms with Crippen molar-refractivity contribution in [3.63, 3.8) is 0 Å². The maximum Gasteiger partial charge on any atom is 0.234 e. The number of ether oxygens (including phenoxy) is 1. The molecule has 4 heteroatoms. The highest BCUT2D eigenvalue weighted by atomic mass is 16.5. The highest BCUT2D eigenvalue weighted by Crippen LogP contribution is 2.46. The largest absolute Gasteiger partial charge is 0.497 e. The van der Waals surface area contributed by atoms with Crippen LogP contribution in [-0.2, 0) is 11.2 Å². The van der Waals surface area contributed by atoms with E-state index in [1.807, 2.05) is 11.0 Å². The molecule has 0 radical (unpaired) electrons. The summed E-state index contributed by atoms with van der Waals surface area (Å²) in [6.45, 7) is 2.68. The lowest BCUT2D eigenvalue weighted by Crippen LogP contribution is -2.49. The van der Waals surface area contributed by atoms with E-state index in [0.717, 1.165) is 43.9 Å². The number of rotatable bonds is 2. The predicted octanol–water partition coefficient (Wildman–Crippen LogP) is 2.36. The number of benzene rings is 1. The average Bonchev–Trinajstić information content (AvgIpc) is 3.18. The Morgan fingerprint density at radius 2 is 2.32 bits per heavy atom. The summed E-state index contributed by atoms with van der Waals surface area (Å²) in [5, 5.41) is 3.48. The van der Waals surface area contributed by atoms with E-state index in [2.05, 4.69) is 17.4 Å². The minimum Gasteiger partial charge on any atom is -0.497 e. The summed E-state index contributed by atoms with van der Waals surface area (Å²) in [7, 11) is 1.69. The third-order valence-corrected chi connectivity index (χ3v) is 5.89. The van der Waals surface area contributed by atoms with Crippen molar-refractivity contribution in [1.29, 1.82) is 0 Å². The van der Waals surface area contributed by atoms with Crippen LogP contribution < -0.4 is 15.0 Å². The van der Waals surface area contributed by atoms with Crippen LogP contribution in [0.4, 0.5) is 5.69 Å². The monoisotopic (exact) mass is 300 g/mol. The van der Waals surface area contributed by atoms with Gasteiger partial charge in [-0.15, -0.1) is 0 Å². The van der Waals surface area contributed by atoms with E-state index < -0.39 is 0 Å². The van der Waals surface area contributed by atoms with Crippen LogP contribution >= 0.6 is 0 Å². The van der Waals surface area contributed by atoms with Crippen molar-refractivity contribution in [1.82, 2.24) is 5.32 Å². The third kappa shape index (κ3) is 1.97. The topological polar surface area (TPSA) is 41.6 Å². The normalized spacial score (nSPS) is 30.0. The number of carbonyl (C=O) groups excluding carboxylic acids is 1. The van der Waals surface area contributed by atoms with Crippen LogP contribution in [0.2, 0.25) is 0 Å². The van der Waals surface area contributed by atoms with E-state index in [1.165, 1.54) is 24.8 Å². The Bertz CT molecular complexity index is 601. The van der Waals surface area contributed by atoms with Crippen molar-refractivity contribution >= 4 is 11.6 Å². The van der Waals surface area contributed by atoms with Gasteiger partial charge < -0.3 is 15.0 Å². The van der Waals surface area contributed by atoms with Crippen LogP contribution in [0.25, 0.3) is 0 Å². The number of hydrogen-bond donors (Lipinski definition) is 1. The van der Waals surface area contributed by atoms with Gasteiger partial charge in [-0.2, -0.15) is 0 Å². The molecule has 4 nitrogen and oxygen atoms in total. The Labute approximate surface area is 131 Å². The molecule has 2 aliphatic heterocycles. The molecular weight excluding hydrogens is 276 g/mol. The van der Waals surface area contributed by atoms with Crippen molar-refractivity contribution in [3.05, 3.63) is 23.8 Å². The SMILES string of the molecule is COc1ccc2c(c1)CCN2C(=O)[C@@]12CCCC[C@H]1CNC2. The fourth-order valence-electron chi connectivity index (χ4n) is 4.65. The predicted molar refractivity (Wildman–Crippen MR) is 86.3 cm³/mol. The van der Waals surface area contributed by atoms with Gasteiger partial charge in [-0.05, 0) is 55.5 Å². The maximum absolute atomic E-state index is 13.4. The second-order valence-electron chi connectivity index (χ2n) is 6.93. The third-order valence-electron chi connectivity index (χ3n) is 5.89. The first-order valence-corrected chi connectivity index (χ1v) is 8.44. The average molecular weight is 300 g/mol. The van der Waals surface area contributed by atoms with Gasteiger partial charge >= 0.3 is 0 Å². The molecule has 1 amide bonds. The fraction of sp³-hybridized carbons (Fsp3) is 0.611. The second-order valence-corrected chi connectivity index (χ2v) is 6.93. The molecule has 2 fully saturated rings. The Kier molecular flexibility index (Phi) is 3.37. The van der Waals surface area contributed by atoms with Crippen molar-refractivity contribution in [2.24, 2.45) is 11.3 Å². The van der Waals surface area contributed by atoms with Crippen LogP contribution in [0.1, 0.15) is 31.2 Å². The summed E-state index contributed by atoms with van der Waals surface area (Å²) >= 11 is 0. The van der Waals surface area contributed by atoms with E-state index in [4.69, 9.17) is 4.74 Å². The van der Waals surface area contributed by atoms with Gasteiger partial charge in [0.15, 0.2) is 0 Å². The fourth-order valence-corrected chi connectivity index (χ4v) is 4.65. The summed E-state index contributed by atoms with van der Waals surface area (Å²) in [5.74, 6) is 1.76. The van der Waals surface area contributed by atoms with Crippen LogP contribution in [0, 0.1) is 11.3 Å². The first kappa shape index (κ1) is 14.1. The lowest BCUT2D eigenvalue weighted by molar-refractivity contribution is -0.131. The Balaban J connectivity index is 1.65. The van der Waals surface area contributed by atoms with Gasteiger partial charge in [0.1, 0.15) is 5.75 Å². The quantitative estimate of drug-likeness (QED) is 0.911. The van der Waals surface area contributed by atoms with Gasteiger partial charge in [0.2, 0.25) is 5.91 Å². The lowest BCUT2D eigenvalue weighted by atomic mass is 9.67. The molecule has 0 bridgehead atoms. The van der Waals surface area contributed by atoms with E-state index in [9.17, 15) is 4.79 Å². The minimum atomic E-state index is -0.153. The zero-order valence-corrected chi connectivity index (χ0v) is 13.2. The number of amides is 1. The molecule has 0 aromatic heterocycles. The van der Waals surface area contributed by atoms with Gasteiger partial charge in [-0.1, -0.05) is 12.8 Å². The second kappa shape index (κ2) is 5.27. The molecule has 4 rings (SSSR count). The van der Waals surface area contributed by atoms with E-state index in [1.54, 1.807) is 7.11 Å². The molecular formula is C18H24N2O2. The maximum atomic E-state index is 13.4. The standard InChI is InChI=1S/C18H24N2O2/c1-22-15-5-6-16-13(10-15)7-9-20(16)17(21)18-8-3-2-4-14(18)11-19-12-18/h5-6,10,14,19H,2-4,7-9,11-12H2,1H3/t14-,18+/m0/s1. The van der Waals surface area contributed by atoms with Crippen molar-refractivity contribution in [2.45, 2.75) is 32.1 Å². The summed E-state index contributed by atoms with van der Waals surface area (Å²) in [5.41, 5.74) is 2.18. The molecule has 0 unspecified atom stereocenters. The molecule has 1 aliphatic carbocycles. The van der Waals surface area contributed by atoms with E-state index in [0.29, 0.717) is 11.8 Å². The molecule has 3 aliphatic rings. The number of nitrogens with one attached hydrogen (secondary N) is 1. The van der Waals surface area contributed by atoms with Gasteiger partial charge in [0.25, 0.3) is 0 Å². The van der Waals surface area contributed by atoms with Gasteiger partial charge in [-0.3, -0.25) is 4.79 Å². The first-order valence-electron chi connectivity index (χ1n) is 8.44. The van der Waals surface area contributed by atoms with Crippen LogP contribution in [0.3, 0.4) is 0 Å². The van der Waals surface area contributed by atoms with Crippen molar-refractivity contribution in [3.8, 4) is 5.75 Å². The van der Waals surface area contributed by atoms with Crippen molar-refractivity contribution < 1.29 is 9.53 Å². The van der Waals surface area contributed by atoms with Crippen LogP contribution in [0.5, 0.6) is 5.75 Å². The molecule has 0 spiro atoms. The molecule has 2 atom stereocenters. The number of carbonyl (C=O) groups is 1. The smallest absolute Gasteiger partial charge is 0.234 e. The molecule has 1 saturated carbocycles. The minimum absolute atomic E-state index is 0.153. The Hall–Kier alpha value is -1.55. The van der Waals surface area contributed by atoms with Gasteiger partial charge in [0.05, 0.1) is 12.5 Å². The zero-order chi connectivity index (χ0) is 15.2. The molecule has 2 heterocycles. The van der Waals surface area contributed by atoms with E-state index in [-0.39, 0.29) is 5.41 Å². The Morgan fingerprint density at radius 1 is 1.41 bits per heavy atom. The Morgan fingerprint density at radius 3 is 3.18 bits per heavy atom. The molecule has 118 valence electrons. The molecule has 1 saturated heterocycles. The zero-order valence-electron chi connectivity index (χ0n) is 13.2. The number of methoxy groups -OCH3 is 1. The number of anilines is 1. The van der Waals surface area contributed by atoms with Crippen LogP contribution in [0.15, 0.2) is 18.2 Å². The summed E-state index contributed by atoms with van der Waals surface area (Å²) in [4.78, 5) is 15.4. The summed E-state index contributed by atoms with van der Waals surface area (Å²) < 4.78 is 5.31. The molecule has 1 aromatic rings. The highest BCUT2D eigenvalue weighted by Gasteiger charge is 2.52. The van der Waals surface area contributed by atoms with Crippen molar-refractivity contribution in [2.75, 3.05) is 31.6 Å². The van der Waals surface area contributed by atoms with Gasteiger partial charge in [-0.25, -0.2) is 0 Å². The highest BCUT2D eigenvalue weighted by molar-refractivity contribution is 6.00. The molecule has 1 aromatic carbocycles. The number of fused-ring (bicyclic) bond motifs is 2. The van der Waals surface area contributed by atoms with Gasteiger partial charge in [0, 0.05) is 18.8 Å². The van der Waals surface area contributed by atoms with Crippen LogP contribution in [-0.4, -0.2) is 32.7 Å². The summed E-state index contributed by atoms with van der Waals surface area (Å²) in [6, 6.07) is 6.09. The molecule has 22 heavy (non-hydrogen) atoms. The first-order chi connectivity index (χ1) is 10.7. The summed E-state index contributed by atoms with van der Waals surface area (Å²) in [6.07, 6.45) is 5.64. The lowest BCUT2D eigenvalue weighted by Gasteiger charge is -2.40.